The molecule has 102 valence electrons. The molecule has 3 N–H and O–H groups in total. The highest BCUT2D eigenvalue weighted by atomic mass is 19.3. The molecule has 0 heterocycles. The predicted molar refractivity (Wildman–Crippen MR) is 65.4 cm³/mol. The summed E-state index contributed by atoms with van der Waals surface area (Å²) in [6.45, 7) is 3.48. The van der Waals surface area contributed by atoms with Gasteiger partial charge in [0.05, 0.1) is 11.4 Å². The van der Waals surface area contributed by atoms with Crippen molar-refractivity contribution in [3.8, 4) is 5.75 Å². The van der Waals surface area contributed by atoms with Gasteiger partial charge >= 0.3 is 6.61 Å². The fourth-order valence-corrected chi connectivity index (χ4v) is 1.27. The highest BCUT2D eigenvalue weighted by Crippen LogP contribution is 2.30. The number of hydrogen-bond acceptors (Lipinski definition) is 3. The van der Waals surface area contributed by atoms with E-state index in [9.17, 15) is 13.2 Å². The van der Waals surface area contributed by atoms with Crippen molar-refractivity contribution in [2.45, 2.75) is 27.4 Å². The molecule has 0 bridgehead atoms. The Balaban J connectivity index is 2.91. The van der Waals surface area contributed by atoms with Crippen molar-refractivity contribution in [2.75, 3.05) is 17.6 Å². The van der Waals surface area contributed by atoms with Gasteiger partial charge in [-0.2, -0.15) is 8.78 Å². The van der Waals surface area contributed by atoms with Crippen LogP contribution in [0, 0.1) is 11.2 Å². The molecule has 1 aromatic carbocycles. The molecule has 0 amide bonds. The number of rotatable bonds is 4. The molecule has 0 radical (unpaired) electrons. The average Bonchev–Trinajstić information content (AvgIpc) is 2.18. The summed E-state index contributed by atoms with van der Waals surface area (Å²) < 4.78 is 41.5. The zero-order valence-corrected chi connectivity index (χ0v) is 10.6. The predicted octanol–water partition coefficient (Wildman–Crippen LogP) is 3.47. The Morgan fingerprint density at radius 2 is 1.94 bits per heavy atom. The van der Waals surface area contributed by atoms with E-state index in [2.05, 4.69) is 10.1 Å². The van der Waals surface area contributed by atoms with E-state index in [1.807, 2.05) is 20.8 Å². The van der Waals surface area contributed by atoms with Gasteiger partial charge in [-0.05, 0) is 5.41 Å². The van der Waals surface area contributed by atoms with E-state index in [1.165, 1.54) is 0 Å². The van der Waals surface area contributed by atoms with Crippen LogP contribution >= 0.6 is 0 Å². The molecular formula is C12H17F3N2O. The number of benzene rings is 1. The molecule has 0 aliphatic carbocycles. The lowest BCUT2D eigenvalue weighted by molar-refractivity contribution is -0.0521. The van der Waals surface area contributed by atoms with Gasteiger partial charge in [-0.15, -0.1) is 0 Å². The normalized spacial score (nSPS) is 11.7. The molecule has 3 nitrogen and oxygen atoms in total. The van der Waals surface area contributed by atoms with Gasteiger partial charge in [0.2, 0.25) is 0 Å². The maximum Gasteiger partial charge on any atom is 0.387 e. The van der Waals surface area contributed by atoms with Crippen LogP contribution in [0.15, 0.2) is 12.1 Å². The van der Waals surface area contributed by atoms with Gasteiger partial charge in [0, 0.05) is 18.7 Å². The molecule has 1 aromatic rings. The summed E-state index contributed by atoms with van der Waals surface area (Å²) >= 11 is 0. The molecule has 0 fully saturated rings. The third kappa shape index (κ3) is 4.35. The smallest absolute Gasteiger partial charge is 0.387 e. The standard InChI is InChI=1S/C12H17F3N2O/c1-12(2,3)6-17-9-5-10(18-11(14)15)7(13)4-8(9)16/h4-5,11,17H,6,16H2,1-3H3. The molecule has 1 rings (SSSR count). The number of hydrogen-bond donors (Lipinski definition) is 2. The van der Waals surface area contributed by atoms with Crippen LogP contribution in [-0.4, -0.2) is 13.2 Å². The molecule has 0 atom stereocenters. The maximum absolute atomic E-state index is 13.3. The highest BCUT2D eigenvalue weighted by Gasteiger charge is 2.15. The molecule has 0 aliphatic rings. The highest BCUT2D eigenvalue weighted by molar-refractivity contribution is 5.68. The average molecular weight is 262 g/mol. The second-order valence-corrected chi connectivity index (χ2v) is 5.16. The fourth-order valence-electron chi connectivity index (χ4n) is 1.27. The Morgan fingerprint density at radius 1 is 1.33 bits per heavy atom. The van der Waals surface area contributed by atoms with Crippen LogP contribution in [0.25, 0.3) is 0 Å². The largest absolute Gasteiger partial charge is 0.432 e. The van der Waals surface area contributed by atoms with E-state index in [4.69, 9.17) is 5.73 Å². The lowest BCUT2D eigenvalue weighted by Gasteiger charge is -2.21. The second-order valence-electron chi connectivity index (χ2n) is 5.16. The number of nitrogens with two attached hydrogens (primary N) is 1. The summed E-state index contributed by atoms with van der Waals surface area (Å²) in [6.07, 6.45) is 0. The molecule has 0 aliphatic heterocycles. The van der Waals surface area contributed by atoms with E-state index >= 15 is 0 Å². The third-order valence-corrected chi connectivity index (χ3v) is 2.13. The molecular weight excluding hydrogens is 245 g/mol. The van der Waals surface area contributed by atoms with Crippen LogP contribution in [0.2, 0.25) is 0 Å². The van der Waals surface area contributed by atoms with Gasteiger partial charge < -0.3 is 15.8 Å². The first-order valence-electron chi connectivity index (χ1n) is 5.47. The van der Waals surface area contributed by atoms with Crippen LogP contribution in [0.4, 0.5) is 24.5 Å². The number of alkyl halides is 2. The van der Waals surface area contributed by atoms with Gasteiger partial charge in [-0.25, -0.2) is 4.39 Å². The number of ether oxygens (including phenoxy) is 1. The first kappa shape index (κ1) is 14.5. The van der Waals surface area contributed by atoms with Crippen molar-refractivity contribution in [1.82, 2.24) is 0 Å². The van der Waals surface area contributed by atoms with Crippen LogP contribution in [0.3, 0.4) is 0 Å². The number of anilines is 2. The Kier molecular flexibility index (Phi) is 4.32. The summed E-state index contributed by atoms with van der Waals surface area (Å²) in [7, 11) is 0. The minimum atomic E-state index is -3.07. The van der Waals surface area contributed by atoms with Crippen molar-refractivity contribution >= 4 is 11.4 Å². The minimum Gasteiger partial charge on any atom is -0.432 e. The SMILES string of the molecule is CC(C)(C)CNc1cc(OC(F)F)c(F)cc1N. The molecule has 0 saturated heterocycles. The van der Waals surface area contributed by atoms with Crippen molar-refractivity contribution in [3.63, 3.8) is 0 Å². The summed E-state index contributed by atoms with van der Waals surface area (Å²) in [4.78, 5) is 0. The molecule has 0 aromatic heterocycles. The van der Waals surface area contributed by atoms with E-state index in [-0.39, 0.29) is 11.1 Å². The minimum absolute atomic E-state index is 0.0233. The molecule has 0 saturated carbocycles. The molecule has 18 heavy (non-hydrogen) atoms. The van der Waals surface area contributed by atoms with Gasteiger partial charge in [-0.3, -0.25) is 0 Å². The summed E-state index contributed by atoms with van der Waals surface area (Å²) in [5.74, 6) is -1.43. The van der Waals surface area contributed by atoms with E-state index < -0.39 is 18.2 Å². The van der Waals surface area contributed by atoms with Crippen LogP contribution in [0.5, 0.6) is 5.75 Å². The van der Waals surface area contributed by atoms with Crippen LogP contribution < -0.4 is 15.8 Å². The monoisotopic (exact) mass is 262 g/mol. The first-order chi connectivity index (χ1) is 8.19. The zero-order valence-electron chi connectivity index (χ0n) is 10.6. The Hall–Kier alpha value is -1.59. The van der Waals surface area contributed by atoms with Crippen LogP contribution in [0.1, 0.15) is 20.8 Å². The van der Waals surface area contributed by atoms with Crippen molar-refractivity contribution in [2.24, 2.45) is 5.41 Å². The summed E-state index contributed by atoms with van der Waals surface area (Å²) in [5, 5.41) is 2.98. The van der Waals surface area contributed by atoms with Gasteiger partial charge in [0.15, 0.2) is 11.6 Å². The zero-order chi connectivity index (χ0) is 13.9. The second kappa shape index (κ2) is 5.37. The summed E-state index contributed by atoms with van der Waals surface area (Å²) in [5.41, 5.74) is 6.11. The van der Waals surface area contributed by atoms with Crippen molar-refractivity contribution < 1.29 is 17.9 Å². The first-order valence-corrected chi connectivity index (χ1v) is 5.47. The molecule has 0 unspecified atom stereocenters. The Morgan fingerprint density at radius 3 is 2.44 bits per heavy atom. The van der Waals surface area contributed by atoms with Crippen LogP contribution in [-0.2, 0) is 0 Å². The molecule has 0 spiro atoms. The quantitative estimate of drug-likeness (QED) is 0.817. The van der Waals surface area contributed by atoms with E-state index in [0.29, 0.717) is 12.2 Å². The summed E-state index contributed by atoms with van der Waals surface area (Å²) in [6, 6.07) is 2.10. The van der Waals surface area contributed by atoms with Gasteiger partial charge in [0.25, 0.3) is 0 Å². The van der Waals surface area contributed by atoms with Gasteiger partial charge in [-0.1, -0.05) is 20.8 Å². The van der Waals surface area contributed by atoms with Crippen molar-refractivity contribution in [3.05, 3.63) is 17.9 Å². The number of nitrogens with one attached hydrogen (secondary N) is 1. The van der Waals surface area contributed by atoms with Crippen molar-refractivity contribution in [1.29, 1.82) is 0 Å². The maximum atomic E-state index is 13.3. The topological polar surface area (TPSA) is 47.3 Å². The number of nitrogen functional groups attached to an aromatic ring is 1. The Bertz CT molecular complexity index is 417. The fraction of sp³-hybridized carbons (Fsp3) is 0.500. The number of halogens is 3. The molecule has 6 heteroatoms. The van der Waals surface area contributed by atoms with E-state index in [1.54, 1.807) is 0 Å². The van der Waals surface area contributed by atoms with Gasteiger partial charge in [0.1, 0.15) is 0 Å². The lowest BCUT2D eigenvalue weighted by atomic mass is 9.97. The third-order valence-electron chi connectivity index (χ3n) is 2.13. The van der Waals surface area contributed by atoms with E-state index in [0.717, 1.165) is 12.1 Å². The Labute approximate surface area is 104 Å². The lowest BCUT2D eigenvalue weighted by Crippen LogP contribution is -2.19.